The second kappa shape index (κ2) is 12.6. The van der Waals surface area contributed by atoms with Gasteiger partial charge >= 0.3 is 26.2 Å². The molecule has 0 nitrogen and oxygen atoms in total. The van der Waals surface area contributed by atoms with E-state index < -0.39 is 0 Å². The molecule has 0 saturated carbocycles. The Morgan fingerprint density at radius 2 is 1.44 bits per heavy atom. The van der Waals surface area contributed by atoms with Crippen LogP contribution in [0.2, 0.25) is 0 Å². The van der Waals surface area contributed by atoms with E-state index >= 15 is 0 Å². The summed E-state index contributed by atoms with van der Waals surface area (Å²) in [4.78, 5) is 0. The molecule has 1 aliphatic rings. The molecule has 0 aliphatic carbocycles. The Kier molecular flexibility index (Phi) is 10.6. The van der Waals surface area contributed by atoms with Crippen LogP contribution in [0.1, 0.15) is 31.9 Å². The summed E-state index contributed by atoms with van der Waals surface area (Å²) in [5.74, 6) is 0. The first-order chi connectivity index (χ1) is 15.9. The van der Waals surface area contributed by atoms with E-state index in [1.165, 1.54) is 54.5 Å². The van der Waals surface area contributed by atoms with Gasteiger partial charge in [-0.15, -0.1) is 40.1 Å². The Hall–Kier alpha value is -1.83. The quantitative estimate of drug-likeness (QED) is 0.195. The molecule has 5 aromatic rings. The van der Waals surface area contributed by atoms with Gasteiger partial charge in [0.25, 0.3) is 0 Å². The van der Waals surface area contributed by atoms with Gasteiger partial charge in [0.2, 0.25) is 0 Å². The zero-order valence-corrected chi connectivity index (χ0v) is 26.0. The van der Waals surface area contributed by atoms with Gasteiger partial charge in [0.1, 0.15) is 0 Å². The van der Waals surface area contributed by atoms with Crippen molar-refractivity contribution >= 4 is 30.7 Å². The minimum atomic E-state index is 0. The Morgan fingerprint density at radius 1 is 0.778 bits per heavy atom. The average Bonchev–Trinajstić information content (AvgIpc) is 3.42. The number of hydrogen-bond donors (Lipinski definition) is 0. The largest absolute Gasteiger partial charge is 4.00 e. The van der Waals surface area contributed by atoms with Gasteiger partial charge in [0.15, 0.2) is 0 Å². The van der Waals surface area contributed by atoms with E-state index in [0.717, 1.165) is 9.52 Å². The summed E-state index contributed by atoms with van der Waals surface area (Å²) in [5.41, 5.74) is 8.40. The molecule has 5 aromatic carbocycles. The molecule has 0 amide bonds. The Labute approximate surface area is 249 Å². The van der Waals surface area contributed by atoms with Gasteiger partial charge in [-0.3, -0.25) is 0 Å². The molecular weight excluding hydrogens is 575 g/mol. The second-order valence-corrected chi connectivity index (χ2v) is 11.0. The third kappa shape index (κ3) is 6.17. The van der Waals surface area contributed by atoms with Gasteiger partial charge in [-0.25, -0.2) is 0 Å². The van der Waals surface area contributed by atoms with Gasteiger partial charge in [-0.05, 0) is 17.9 Å². The van der Waals surface area contributed by atoms with Crippen LogP contribution in [0, 0.1) is 13.0 Å². The molecule has 178 valence electrons. The number of hydrogen-bond acceptors (Lipinski definition) is 0. The normalized spacial score (nSPS) is 11.1. The van der Waals surface area contributed by atoms with Crippen molar-refractivity contribution < 1.29 is 51.0 Å². The third-order valence-corrected chi connectivity index (χ3v) is 7.73. The molecule has 0 fully saturated rings. The second-order valence-electron chi connectivity index (χ2n) is 9.75. The summed E-state index contributed by atoms with van der Waals surface area (Å²) in [6, 6.07) is 38.0. The molecule has 4 heteroatoms. The van der Waals surface area contributed by atoms with Crippen molar-refractivity contribution in [2.45, 2.75) is 33.1 Å². The van der Waals surface area contributed by atoms with Gasteiger partial charge in [0.05, 0.1) is 9.52 Å². The minimum Gasteiger partial charge on any atom is -1.00 e. The molecule has 36 heavy (non-hydrogen) atoms. The zero-order valence-electron chi connectivity index (χ0n) is 21.0. The molecule has 1 aliphatic heterocycles. The number of halogens is 2. The molecule has 0 bridgehead atoms. The van der Waals surface area contributed by atoms with E-state index in [9.17, 15) is 0 Å². The van der Waals surface area contributed by atoms with Crippen LogP contribution in [0.3, 0.4) is 0 Å². The van der Waals surface area contributed by atoms with E-state index in [-0.39, 0.29) is 56.4 Å². The molecular formula is C32H28Cl2SiZr. The Bertz CT molecular complexity index is 1390. The van der Waals surface area contributed by atoms with E-state index in [4.69, 9.17) is 0 Å². The van der Waals surface area contributed by atoms with Crippen LogP contribution in [-0.4, -0.2) is 9.52 Å². The van der Waals surface area contributed by atoms with Crippen LogP contribution in [-0.2, 0) is 31.6 Å². The summed E-state index contributed by atoms with van der Waals surface area (Å²) in [6.07, 6.45) is 0. The van der Waals surface area contributed by atoms with Gasteiger partial charge in [-0.1, -0.05) is 97.2 Å². The first-order valence-electron chi connectivity index (χ1n) is 11.5. The summed E-state index contributed by atoms with van der Waals surface area (Å²) in [6.45, 7) is 9.02. The summed E-state index contributed by atoms with van der Waals surface area (Å²) in [5, 5.41) is 5.55. The number of rotatable bonds is 1. The molecule has 0 N–H and O–H groups in total. The molecule has 0 aromatic heterocycles. The van der Waals surface area contributed by atoms with E-state index in [0.29, 0.717) is 0 Å². The van der Waals surface area contributed by atoms with E-state index in [1.807, 2.05) is 6.07 Å². The third-order valence-electron chi connectivity index (χ3n) is 6.36. The number of aryl methyl sites for hydroxylation is 1. The Morgan fingerprint density at radius 3 is 2.17 bits per heavy atom. The number of benzene rings is 4. The maximum Gasteiger partial charge on any atom is 4.00 e. The van der Waals surface area contributed by atoms with Crippen LogP contribution in [0.4, 0.5) is 0 Å². The first-order valence-corrected chi connectivity index (χ1v) is 12.5. The molecule has 0 spiro atoms. The van der Waals surface area contributed by atoms with E-state index in [2.05, 4.69) is 125 Å². The number of fused-ring (bicyclic) bond motifs is 4. The molecule has 0 saturated heterocycles. The topological polar surface area (TPSA) is 0 Å². The molecule has 0 unspecified atom stereocenters. The van der Waals surface area contributed by atoms with Gasteiger partial charge < -0.3 is 24.8 Å². The van der Waals surface area contributed by atoms with Crippen molar-refractivity contribution in [2.75, 3.05) is 0 Å². The standard InChI is InChI=1S/C20H21.C12H7Si.2ClH.Zr/c1-14-10-11-16-12-17(20(2,3)4)13-18(16)19(14)15-8-6-5-7-9-15;1-3-7-11-9(5-1)10-6-2-4-8-12(10)13-11;;;/h5-13H,1-4H3;1-7H;2*1H;/q2*-1;;;+4/p-2. The van der Waals surface area contributed by atoms with Crippen molar-refractivity contribution in [3.63, 3.8) is 0 Å². The smallest absolute Gasteiger partial charge is 1.00 e. The minimum absolute atomic E-state index is 0. The first kappa shape index (κ1) is 30.4. The molecule has 2 radical (unpaired) electrons. The predicted octanol–water partition coefficient (Wildman–Crippen LogP) is 0.959. The monoisotopic (exact) mass is 600 g/mol. The molecule has 0 atom stereocenters. The zero-order chi connectivity index (χ0) is 23.0. The van der Waals surface area contributed by atoms with Crippen LogP contribution in [0.5, 0.6) is 0 Å². The summed E-state index contributed by atoms with van der Waals surface area (Å²) in [7, 11) is 0.795. The van der Waals surface area contributed by atoms with Crippen LogP contribution in [0.25, 0.3) is 33.0 Å². The van der Waals surface area contributed by atoms with Crippen LogP contribution < -0.4 is 35.2 Å². The van der Waals surface area contributed by atoms with Crippen molar-refractivity contribution in [3.8, 4) is 22.3 Å². The molecule has 1 heterocycles. The van der Waals surface area contributed by atoms with E-state index in [1.54, 1.807) is 0 Å². The SMILES string of the molecule is Cc1ccc2[cH-]c(C(C)(C)C)cc2c1-c1ccccc1.[Cl-].[Cl-].[Zr+4].[c-]1cccc2c1[Si]c1ccccc1-2. The summed E-state index contributed by atoms with van der Waals surface area (Å²) < 4.78 is 0. The van der Waals surface area contributed by atoms with Crippen molar-refractivity contribution in [2.24, 2.45) is 0 Å². The fourth-order valence-corrected chi connectivity index (χ4v) is 5.85. The van der Waals surface area contributed by atoms with Gasteiger partial charge in [-0.2, -0.15) is 35.5 Å². The maximum atomic E-state index is 3.31. The van der Waals surface area contributed by atoms with Crippen molar-refractivity contribution in [3.05, 3.63) is 114 Å². The molecule has 6 rings (SSSR count). The van der Waals surface area contributed by atoms with Crippen LogP contribution >= 0.6 is 0 Å². The predicted molar refractivity (Wildman–Crippen MR) is 144 cm³/mol. The van der Waals surface area contributed by atoms with Gasteiger partial charge in [0, 0.05) is 0 Å². The fourth-order valence-electron chi connectivity index (χ4n) is 4.54. The van der Waals surface area contributed by atoms with Crippen LogP contribution in [0.15, 0.2) is 97.1 Å². The fraction of sp³-hybridized carbons (Fsp3) is 0.156. The average molecular weight is 603 g/mol. The van der Waals surface area contributed by atoms with Crippen molar-refractivity contribution in [1.82, 2.24) is 0 Å². The summed E-state index contributed by atoms with van der Waals surface area (Å²) >= 11 is 0. The maximum absolute atomic E-state index is 3.31. The van der Waals surface area contributed by atoms with Crippen molar-refractivity contribution in [1.29, 1.82) is 0 Å². The Balaban J connectivity index is 0.000000250.